The summed E-state index contributed by atoms with van der Waals surface area (Å²) in [5.41, 5.74) is 17.4. The number of fused-ring (bicyclic) bond motifs is 5. The van der Waals surface area contributed by atoms with Gasteiger partial charge in [-0.15, -0.1) is 0 Å². The fourth-order valence-corrected chi connectivity index (χ4v) is 7.93. The first kappa shape index (κ1) is 30.2. The van der Waals surface area contributed by atoms with Gasteiger partial charge in [-0.1, -0.05) is 135 Å². The molecule has 4 nitrogen and oxygen atoms in total. The van der Waals surface area contributed by atoms with Crippen LogP contribution in [0.25, 0.3) is 83.9 Å². The molecule has 0 amide bonds. The zero-order valence-electron chi connectivity index (χ0n) is 29.0. The molecule has 7 aromatic carbocycles. The van der Waals surface area contributed by atoms with E-state index in [0.717, 1.165) is 61.7 Å². The summed E-state index contributed by atoms with van der Waals surface area (Å²) in [7, 11) is 0. The van der Waals surface area contributed by atoms with Crippen LogP contribution in [0, 0.1) is 0 Å². The highest BCUT2D eigenvalue weighted by Crippen LogP contribution is 2.51. The molecule has 9 aromatic rings. The molecule has 4 heteroatoms. The molecule has 0 radical (unpaired) electrons. The Balaban J connectivity index is 1.02. The molecule has 0 unspecified atom stereocenters. The zero-order valence-corrected chi connectivity index (χ0v) is 29.0. The van der Waals surface area contributed by atoms with Gasteiger partial charge in [0.2, 0.25) is 0 Å². The second kappa shape index (κ2) is 11.7. The van der Waals surface area contributed by atoms with Crippen LogP contribution in [0.4, 0.5) is 0 Å². The van der Waals surface area contributed by atoms with E-state index < -0.39 is 0 Å². The third-order valence-corrected chi connectivity index (χ3v) is 10.6. The fourth-order valence-electron chi connectivity index (χ4n) is 7.93. The van der Waals surface area contributed by atoms with Crippen LogP contribution in [0.3, 0.4) is 0 Å². The quantitative estimate of drug-likeness (QED) is 0.184. The average molecular weight is 667 g/mol. The highest BCUT2D eigenvalue weighted by Gasteiger charge is 2.36. The normalized spacial score (nSPS) is 13.0. The smallest absolute Gasteiger partial charge is 0.145 e. The fraction of sp³-hybridized carbons (Fsp3) is 0.0625. The maximum absolute atomic E-state index is 5.16. The topological polar surface area (TPSA) is 43.6 Å². The van der Waals surface area contributed by atoms with Crippen LogP contribution in [0.1, 0.15) is 25.0 Å². The van der Waals surface area contributed by atoms with Gasteiger partial charge in [-0.05, 0) is 81.9 Å². The van der Waals surface area contributed by atoms with Crippen LogP contribution in [0.5, 0.6) is 0 Å². The van der Waals surface area contributed by atoms with Crippen molar-refractivity contribution in [2.75, 3.05) is 0 Å². The Labute approximate surface area is 302 Å². The summed E-state index contributed by atoms with van der Waals surface area (Å²) in [5, 5.41) is 0. The Hall–Kier alpha value is -6.65. The summed E-state index contributed by atoms with van der Waals surface area (Å²) in [4.78, 5) is 15.3. The summed E-state index contributed by atoms with van der Waals surface area (Å²) < 4.78 is 2.28. The molecule has 0 spiro atoms. The Kier molecular flexibility index (Phi) is 6.80. The number of hydrogen-bond donors (Lipinski definition) is 0. The predicted octanol–water partition coefficient (Wildman–Crippen LogP) is 11.9. The van der Waals surface area contributed by atoms with E-state index in [0.29, 0.717) is 0 Å². The van der Waals surface area contributed by atoms with E-state index in [2.05, 4.69) is 158 Å². The Morgan fingerprint density at radius 3 is 1.54 bits per heavy atom. The van der Waals surface area contributed by atoms with Gasteiger partial charge in [0.05, 0.1) is 33.5 Å². The van der Waals surface area contributed by atoms with Crippen molar-refractivity contribution in [3.63, 3.8) is 0 Å². The van der Waals surface area contributed by atoms with Crippen molar-refractivity contribution in [1.29, 1.82) is 0 Å². The van der Waals surface area contributed by atoms with E-state index in [4.69, 9.17) is 15.0 Å². The molecular formula is C48H34N4. The van der Waals surface area contributed by atoms with Crippen LogP contribution < -0.4 is 0 Å². The van der Waals surface area contributed by atoms with Gasteiger partial charge >= 0.3 is 0 Å². The summed E-state index contributed by atoms with van der Waals surface area (Å²) in [6.07, 6.45) is 0. The van der Waals surface area contributed by atoms with Crippen LogP contribution in [-0.4, -0.2) is 19.5 Å². The lowest BCUT2D eigenvalue weighted by Gasteiger charge is -2.22. The van der Waals surface area contributed by atoms with E-state index in [1.165, 1.54) is 33.4 Å². The van der Waals surface area contributed by atoms with Gasteiger partial charge < -0.3 is 0 Å². The second-order valence-corrected chi connectivity index (χ2v) is 14.1. The summed E-state index contributed by atoms with van der Waals surface area (Å²) in [5.74, 6) is 0.953. The third-order valence-electron chi connectivity index (χ3n) is 10.6. The lowest BCUT2D eigenvalue weighted by molar-refractivity contribution is 0.660. The van der Waals surface area contributed by atoms with Crippen molar-refractivity contribution in [1.82, 2.24) is 19.5 Å². The van der Waals surface area contributed by atoms with Crippen LogP contribution in [0.15, 0.2) is 170 Å². The first-order valence-electron chi connectivity index (χ1n) is 17.8. The first-order valence-corrected chi connectivity index (χ1v) is 17.8. The van der Waals surface area contributed by atoms with E-state index in [9.17, 15) is 0 Å². The maximum atomic E-state index is 5.16. The molecule has 1 aliphatic rings. The monoisotopic (exact) mass is 666 g/mol. The largest absolute Gasteiger partial charge is 0.292 e. The molecule has 0 bridgehead atoms. The van der Waals surface area contributed by atoms with E-state index in [-0.39, 0.29) is 5.41 Å². The molecule has 10 rings (SSSR count). The van der Waals surface area contributed by atoms with Gasteiger partial charge in [-0.2, -0.15) is 0 Å². The molecule has 0 atom stereocenters. The van der Waals surface area contributed by atoms with Crippen molar-refractivity contribution in [2.24, 2.45) is 0 Å². The molecule has 246 valence electrons. The molecule has 1 aliphatic carbocycles. The molecule has 2 aromatic heterocycles. The third kappa shape index (κ3) is 4.79. The van der Waals surface area contributed by atoms with Crippen molar-refractivity contribution >= 4 is 22.1 Å². The van der Waals surface area contributed by atoms with Gasteiger partial charge in [-0.25, -0.2) is 15.0 Å². The van der Waals surface area contributed by atoms with E-state index in [1.807, 2.05) is 30.3 Å². The van der Waals surface area contributed by atoms with E-state index in [1.54, 1.807) is 0 Å². The maximum Gasteiger partial charge on any atom is 0.145 e. The van der Waals surface area contributed by atoms with Gasteiger partial charge in [0.25, 0.3) is 0 Å². The van der Waals surface area contributed by atoms with Crippen LogP contribution in [0.2, 0.25) is 0 Å². The molecule has 0 N–H and O–H groups in total. The van der Waals surface area contributed by atoms with Crippen molar-refractivity contribution in [2.45, 2.75) is 19.3 Å². The predicted molar refractivity (Wildman–Crippen MR) is 213 cm³/mol. The first-order chi connectivity index (χ1) is 25.5. The van der Waals surface area contributed by atoms with Crippen molar-refractivity contribution in [3.05, 3.63) is 181 Å². The SMILES string of the molecule is CC1(C)c2cc(-c3ccc(-c4nc5ccccc5nc4-c4ccccc4)cc3)ccc2-c2ccc(-c3nc4ccccc4n3-c3ccccc3)cc21. The Morgan fingerprint density at radius 1 is 0.404 bits per heavy atom. The summed E-state index contributed by atoms with van der Waals surface area (Å²) in [6.45, 7) is 4.69. The van der Waals surface area contributed by atoms with Crippen molar-refractivity contribution < 1.29 is 0 Å². The minimum absolute atomic E-state index is 0.189. The lowest BCUT2D eigenvalue weighted by atomic mass is 9.81. The number of para-hydroxylation sites is 5. The standard InChI is InChI=1S/C48H34N4/c1-48(2)39-29-34(31-21-23-33(24-22-31)46-45(32-13-5-3-6-14-32)49-41-17-9-10-18-42(41)50-46)25-27-37(39)38-28-26-35(30-40(38)48)47-51-43-19-11-12-20-44(43)52(47)36-15-7-4-8-16-36/h3-30H,1-2H3. The van der Waals surface area contributed by atoms with Gasteiger partial charge in [0.1, 0.15) is 5.82 Å². The Bertz CT molecular complexity index is 2800. The highest BCUT2D eigenvalue weighted by atomic mass is 15.1. The summed E-state index contributed by atoms with van der Waals surface area (Å²) in [6, 6.07) is 59.9. The van der Waals surface area contributed by atoms with Gasteiger partial charge in [0, 0.05) is 27.8 Å². The molecule has 0 aliphatic heterocycles. The number of imidazole rings is 1. The average Bonchev–Trinajstić information content (AvgIpc) is 3.70. The minimum Gasteiger partial charge on any atom is -0.292 e. The zero-order chi connectivity index (χ0) is 34.8. The van der Waals surface area contributed by atoms with Crippen molar-refractivity contribution in [3.8, 4) is 61.8 Å². The number of hydrogen-bond acceptors (Lipinski definition) is 3. The highest BCUT2D eigenvalue weighted by molar-refractivity contribution is 5.89. The number of aromatic nitrogens is 4. The van der Waals surface area contributed by atoms with Crippen LogP contribution in [-0.2, 0) is 5.41 Å². The molecular weight excluding hydrogens is 633 g/mol. The minimum atomic E-state index is -0.189. The van der Waals surface area contributed by atoms with Gasteiger partial charge in [0.15, 0.2) is 0 Å². The molecule has 0 saturated heterocycles. The summed E-state index contributed by atoms with van der Waals surface area (Å²) >= 11 is 0. The number of nitrogens with zero attached hydrogens (tertiary/aromatic N) is 4. The molecule has 52 heavy (non-hydrogen) atoms. The van der Waals surface area contributed by atoms with Crippen LogP contribution >= 0.6 is 0 Å². The number of rotatable bonds is 5. The number of benzene rings is 7. The van der Waals surface area contributed by atoms with E-state index >= 15 is 0 Å². The molecule has 0 fully saturated rings. The van der Waals surface area contributed by atoms with Gasteiger partial charge in [-0.3, -0.25) is 4.57 Å². The lowest BCUT2D eigenvalue weighted by Crippen LogP contribution is -2.15. The second-order valence-electron chi connectivity index (χ2n) is 14.1. The Morgan fingerprint density at radius 2 is 0.885 bits per heavy atom. The molecule has 0 saturated carbocycles. The molecule has 2 heterocycles.